The molecule has 2 heterocycles. The number of rotatable bonds is 7. The summed E-state index contributed by atoms with van der Waals surface area (Å²) in [6, 6.07) is 24.9. The zero-order chi connectivity index (χ0) is 24.4. The van der Waals surface area contributed by atoms with Gasteiger partial charge >= 0.3 is 0 Å². The van der Waals surface area contributed by atoms with Gasteiger partial charge in [-0.15, -0.1) is 0 Å². The lowest BCUT2D eigenvalue weighted by atomic mass is 10.1. The van der Waals surface area contributed by atoms with Crippen molar-refractivity contribution in [3.8, 4) is 11.3 Å². The highest BCUT2D eigenvalue weighted by molar-refractivity contribution is 9.10. The lowest BCUT2D eigenvalue weighted by Gasteiger charge is -2.13. The van der Waals surface area contributed by atoms with Crippen molar-refractivity contribution < 1.29 is 8.42 Å². The summed E-state index contributed by atoms with van der Waals surface area (Å²) < 4.78 is 30.5. The minimum atomic E-state index is -3.67. The average molecular weight is 569 g/mol. The SMILES string of the molecule is O=S(=O)(Nc1cccc(CNc2cc(-c3ccccc3Cl)nc3c(Br)cnn23)c1)c1ccccc1. The third-order valence-corrected chi connectivity index (χ3v) is 7.57. The lowest BCUT2D eigenvalue weighted by Crippen LogP contribution is -2.13. The van der Waals surface area contributed by atoms with Crippen molar-refractivity contribution >= 4 is 54.7 Å². The predicted octanol–water partition coefficient (Wildman–Crippen LogP) is 6.23. The smallest absolute Gasteiger partial charge is 0.261 e. The summed E-state index contributed by atoms with van der Waals surface area (Å²) in [4.78, 5) is 4.92. The first-order chi connectivity index (χ1) is 16.9. The van der Waals surface area contributed by atoms with Crippen LogP contribution in [0.5, 0.6) is 0 Å². The maximum absolute atomic E-state index is 12.7. The van der Waals surface area contributed by atoms with Crippen LogP contribution in [0.4, 0.5) is 11.5 Å². The number of sulfonamides is 1. The highest BCUT2D eigenvalue weighted by atomic mass is 79.9. The third kappa shape index (κ3) is 5.02. The van der Waals surface area contributed by atoms with Crippen molar-refractivity contribution in [3.63, 3.8) is 0 Å². The van der Waals surface area contributed by atoms with Crippen molar-refractivity contribution in [3.05, 3.63) is 106 Å². The van der Waals surface area contributed by atoms with Crippen molar-refractivity contribution in [2.24, 2.45) is 0 Å². The van der Waals surface area contributed by atoms with E-state index in [4.69, 9.17) is 16.6 Å². The minimum Gasteiger partial charge on any atom is -0.366 e. The molecule has 5 aromatic rings. The molecule has 0 fully saturated rings. The number of hydrogen-bond donors (Lipinski definition) is 2. The molecule has 0 saturated carbocycles. The second-order valence-electron chi connectivity index (χ2n) is 7.71. The number of hydrogen-bond acceptors (Lipinski definition) is 5. The van der Waals surface area contributed by atoms with E-state index in [2.05, 4.69) is 31.1 Å². The zero-order valence-corrected chi connectivity index (χ0v) is 21.3. The number of nitrogens with one attached hydrogen (secondary N) is 2. The zero-order valence-electron chi connectivity index (χ0n) is 18.2. The van der Waals surface area contributed by atoms with Crippen LogP contribution >= 0.6 is 27.5 Å². The summed E-state index contributed by atoms with van der Waals surface area (Å²) in [6.45, 7) is 0.430. The Morgan fingerprint density at radius 1 is 0.943 bits per heavy atom. The Labute approximate surface area is 216 Å². The molecule has 0 unspecified atom stereocenters. The molecule has 2 aromatic heterocycles. The molecule has 10 heteroatoms. The van der Waals surface area contributed by atoms with Gasteiger partial charge in [0, 0.05) is 28.9 Å². The van der Waals surface area contributed by atoms with Gasteiger partial charge in [0.05, 0.1) is 21.3 Å². The van der Waals surface area contributed by atoms with Crippen LogP contribution in [0.25, 0.3) is 16.9 Å². The van der Waals surface area contributed by atoms with Gasteiger partial charge in [-0.3, -0.25) is 4.72 Å². The van der Waals surface area contributed by atoms with Gasteiger partial charge in [-0.05, 0) is 51.8 Å². The van der Waals surface area contributed by atoms with Crippen LogP contribution in [0.2, 0.25) is 5.02 Å². The summed E-state index contributed by atoms with van der Waals surface area (Å²) in [5.74, 6) is 0.714. The molecular weight excluding hydrogens is 550 g/mol. The maximum Gasteiger partial charge on any atom is 0.261 e. The van der Waals surface area contributed by atoms with E-state index in [1.807, 2.05) is 42.5 Å². The fourth-order valence-electron chi connectivity index (χ4n) is 3.62. The number of benzene rings is 3. The summed E-state index contributed by atoms with van der Waals surface area (Å²) >= 11 is 9.92. The van der Waals surface area contributed by atoms with Crippen LogP contribution in [-0.2, 0) is 16.6 Å². The molecule has 35 heavy (non-hydrogen) atoms. The van der Waals surface area contributed by atoms with E-state index in [0.717, 1.165) is 15.6 Å². The molecule has 0 bridgehead atoms. The normalized spacial score (nSPS) is 11.5. The second kappa shape index (κ2) is 9.69. The summed E-state index contributed by atoms with van der Waals surface area (Å²) in [6.07, 6.45) is 1.68. The van der Waals surface area contributed by atoms with E-state index in [-0.39, 0.29) is 4.90 Å². The molecule has 0 saturated heterocycles. The summed E-state index contributed by atoms with van der Waals surface area (Å²) in [5.41, 5.74) is 3.52. The van der Waals surface area contributed by atoms with Gasteiger partial charge in [0.1, 0.15) is 5.82 Å². The molecule has 176 valence electrons. The molecule has 0 atom stereocenters. The van der Waals surface area contributed by atoms with Crippen molar-refractivity contribution in [1.29, 1.82) is 0 Å². The molecule has 0 aliphatic rings. The first kappa shape index (κ1) is 23.3. The number of halogens is 2. The van der Waals surface area contributed by atoms with Gasteiger partial charge in [-0.1, -0.05) is 60.1 Å². The highest BCUT2D eigenvalue weighted by Gasteiger charge is 2.15. The first-order valence-electron chi connectivity index (χ1n) is 10.6. The summed E-state index contributed by atoms with van der Waals surface area (Å²) in [5, 5.41) is 8.40. The van der Waals surface area contributed by atoms with Gasteiger partial charge in [0.15, 0.2) is 5.65 Å². The van der Waals surface area contributed by atoms with E-state index in [1.54, 1.807) is 53.2 Å². The fraction of sp³-hybridized carbons (Fsp3) is 0.0400. The Morgan fingerprint density at radius 3 is 2.51 bits per heavy atom. The fourth-order valence-corrected chi connectivity index (χ4v) is 5.27. The molecule has 0 radical (unpaired) electrons. The Kier molecular flexibility index (Phi) is 6.46. The van der Waals surface area contributed by atoms with Crippen LogP contribution in [0.15, 0.2) is 100 Å². The van der Waals surface area contributed by atoms with E-state index < -0.39 is 10.0 Å². The third-order valence-electron chi connectivity index (χ3n) is 5.28. The molecule has 0 spiro atoms. The standard InChI is InChI=1S/C25H19BrClN5O2S/c26-21-16-29-32-24(14-23(30-25(21)32)20-11-4-5-12-22(20)27)28-15-17-7-6-8-18(13-17)31-35(33,34)19-9-2-1-3-10-19/h1-14,16,28,31H,15H2. The van der Waals surface area contributed by atoms with Gasteiger partial charge in [0.2, 0.25) is 0 Å². The van der Waals surface area contributed by atoms with Crippen LogP contribution in [0.1, 0.15) is 5.56 Å². The summed E-state index contributed by atoms with van der Waals surface area (Å²) in [7, 11) is -3.67. The second-order valence-corrected chi connectivity index (χ2v) is 10.7. The number of nitrogens with zero attached hydrogens (tertiary/aromatic N) is 3. The van der Waals surface area contributed by atoms with Gasteiger partial charge in [0.25, 0.3) is 10.0 Å². The van der Waals surface area contributed by atoms with Gasteiger partial charge < -0.3 is 5.32 Å². The molecule has 2 N–H and O–H groups in total. The quantitative estimate of drug-likeness (QED) is 0.243. The molecule has 0 aliphatic heterocycles. The van der Waals surface area contributed by atoms with Crippen LogP contribution < -0.4 is 10.0 Å². The average Bonchev–Trinajstić information content (AvgIpc) is 3.24. The largest absolute Gasteiger partial charge is 0.366 e. The molecule has 7 nitrogen and oxygen atoms in total. The lowest BCUT2D eigenvalue weighted by molar-refractivity contribution is 0.601. The highest BCUT2D eigenvalue weighted by Crippen LogP contribution is 2.30. The number of aromatic nitrogens is 3. The molecule has 0 amide bonds. The molecule has 0 aliphatic carbocycles. The van der Waals surface area contributed by atoms with Crippen molar-refractivity contribution in [2.75, 3.05) is 10.0 Å². The number of fused-ring (bicyclic) bond motifs is 1. The van der Waals surface area contributed by atoms with E-state index in [1.165, 1.54) is 0 Å². The number of anilines is 2. The molecule has 3 aromatic carbocycles. The van der Waals surface area contributed by atoms with Crippen LogP contribution in [0.3, 0.4) is 0 Å². The van der Waals surface area contributed by atoms with E-state index in [0.29, 0.717) is 34.4 Å². The van der Waals surface area contributed by atoms with Crippen molar-refractivity contribution in [1.82, 2.24) is 14.6 Å². The van der Waals surface area contributed by atoms with E-state index in [9.17, 15) is 8.42 Å². The van der Waals surface area contributed by atoms with Gasteiger partial charge in [-0.2, -0.15) is 9.61 Å². The van der Waals surface area contributed by atoms with Gasteiger partial charge in [-0.25, -0.2) is 13.4 Å². The Hall–Kier alpha value is -3.40. The Bertz CT molecular complexity index is 1620. The minimum absolute atomic E-state index is 0.207. The monoisotopic (exact) mass is 567 g/mol. The van der Waals surface area contributed by atoms with E-state index >= 15 is 0 Å². The topological polar surface area (TPSA) is 88.4 Å². The Balaban J connectivity index is 1.42. The maximum atomic E-state index is 12.7. The molecular formula is C25H19BrClN5O2S. The van der Waals surface area contributed by atoms with Crippen LogP contribution in [0, 0.1) is 0 Å². The predicted molar refractivity (Wildman–Crippen MR) is 142 cm³/mol. The van der Waals surface area contributed by atoms with Crippen LogP contribution in [-0.4, -0.2) is 23.0 Å². The Morgan fingerprint density at radius 2 is 1.71 bits per heavy atom. The molecule has 5 rings (SSSR count). The van der Waals surface area contributed by atoms with Crippen molar-refractivity contribution in [2.45, 2.75) is 11.4 Å². The first-order valence-corrected chi connectivity index (χ1v) is 13.3.